The molecule has 4 aliphatic carbocycles. The highest BCUT2D eigenvalue weighted by Crippen LogP contribution is 2.60. The van der Waals surface area contributed by atoms with Gasteiger partial charge in [0.2, 0.25) is 0 Å². The first kappa shape index (κ1) is 27.5. The zero-order chi connectivity index (χ0) is 29.0. The number of rotatable bonds is 5. The average molecular weight is 575 g/mol. The van der Waals surface area contributed by atoms with Crippen LogP contribution in [0.15, 0.2) is 66.7 Å². The number of ether oxygens (including phenoxy) is 1. The first-order valence-electron chi connectivity index (χ1n) is 13.6. The predicted octanol–water partition coefficient (Wildman–Crippen LogP) is 9.63. The van der Waals surface area contributed by atoms with Gasteiger partial charge in [0.1, 0.15) is 11.5 Å². The van der Waals surface area contributed by atoms with Crippen LogP contribution in [0.1, 0.15) is 55.2 Å². The van der Waals surface area contributed by atoms with E-state index in [-0.39, 0.29) is 11.8 Å². The third-order valence-electron chi connectivity index (χ3n) is 8.70. The van der Waals surface area contributed by atoms with Crippen LogP contribution in [0.3, 0.4) is 0 Å². The van der Waals surface area contributed by atoms with Crippen molar-refractivity contribution in [2.45, 2.75) is 56.3 Å². The monoisotopic (exact) mass is 574 g/mol. The molecular formula is C31H28F6N2O2. The molecule has 10 heteroatoms. The molecule has 2 N–H and O–H groups in total. The summed E-state index contributed by atoms with van der Waals surface area (Å²) in [4.78, 5) is 12.3. The Morgan fingerprint density at radius 1 is 0.659 bits per heavy atom. The number of amides is 2. The van der Waals surface area contributed by atoms with E-state index < -0.39 is 35.2 Å². The number of nitrogens with one attached hydrogen (secondary N) is 2. The Morgan fingerprint density at radius 3 is 1.56 bits per heavy atom. The van der Waals surface area contributed by atoms with Crippen molar-refractivity contribution in [1.29, 1.82) is 0 Å². The number of hydrogen-bond donors (Lipinski definition) is 2. The molecule has 4 bridgehead atoms. The molecule has 0 heterocycles. The minimum Gasteiger partial charge on any atom is -0.457 e. The number of benzene rings is 3. The van der Waals surface area contributed by atoms with Gasteiger partial charge in [0.15, 0.2) is 0 Å². The second kappa shape index (κ2) is 9.99. The van der Waals surface area contributed by atoms with Crippen LogP contribution in [0.25, 0.3) is 0 Å². The molecule has 0 aliphatic heterocycles. The maximum atomic E-state index is 13.1. The van der Waals surface area contributed by atoms with Crippen molar-refractivity contribution in [1.82, 2.24) is 0 Å². The summed E-state index contributed by atoms with van der Waals surface area (Å²) in [5.41, 5.74) is -1.72. The van der Waals surface area contributed by atoms with Crippen molar-refractivity contribution in [3.63, 3.8) is 0 Å². The molecule has 0 unspecified atom stereocenters. The molecule has 4 fully saturated rings. The lowest BCUT2D eigenvalue weighted by Crippen LogP contribution is -2.48. The fourth-order valence-corrected chi connectivity index (χ4v) is 7.40. The molecule has 4 saturated carbocycles. The van der Waals surface area contributed by atoms with Crippen LogP contribution in [0, 0.1) is 17.8 Å². The number of urea groups is 1. The minimum atomic E-state index is -5.01. The molecule has 216 valence electrons. The lowest BCUT2D eigenvalue weighted by atomic mass is 9.48. The first-order valence-corrected chi connectivity index (χ1v) is 13.6. The molecule has 4 aliphatic rings. The Labute approximate surface area is 233 Å². The minimum absolute atomic E-state index is 0.00148. The highest BCUT2D eigenvalue weighted by atomic mass is 19.4. The van der Waals surface area contributed by atoms with Gasteiger partial charge in [-0.05, 0) is 122 Å². The summed E-state index contributed by atoms with van der Waals surface area (Å²) in [6.45, 7) is 0. The standard InChI is InChI=1S/C31H28F6N2O2/c32-30(33,34)22-12-23(31(35,36)37)14-25(13-22)39-28(40)38-24-3-7-27(8-4-24)41-26-5-1-21(2-6-26)29-15-18-9-19(16-29)11-20(10-18)17-29/h1-8,12-14,18-20H,9-11,15-17H2,(H2,38,39,40). The lowest BCUT2D eigenvalue weighted by molar-refractivity contribution is -0.143. The summed E-state index contributed by atoms with van der Waals surface area (Å²) >= 11 is 0. The summed E-state index contributed by atoms with van der Waals surface area (Å²) in [6.07, 6.45) is -2.04. The van der Waals surface area contributed by atoms with Gasteiger partial charge in [0, 0.05) is 11.4 Å². The van der Waals surface area contributed by atoms with Crippen LogP contribution in [-0.4, -0.2) is 6.03 Å². The molecule has 0 saturated heterocycles. The normalized spacial score (nSPS) is 25.2. The molecular weight excluding hydrogens is 546 g/mol. The highest BCUT2D eigenvalue weighted by molar-refractivity contribution is 5.99. The Hall–Kier alpha value is -3.69. The maximum Gasteiger partial charge on any atom is 0.416 e. The second-order valence-electron chi connectivity index (χ2n) is 11.7. The number of carbonyl (C=O) groups is 1. The fourth-order valence-electron chi connectivity index (χ4n) is 7.40. The molecule has 41 heavy (non-hydrogen) atoms. The van der Waals surface area contributed by atoms with Crippen LogP contribution < -0.4 is 15.4 Å². The lowest BCUT2D eigenvalue weighted by Gasteiger charge is -2.57. The molecule has 0 aromatic heterocycles. The third-order valence-corrected chi connectivity index (χ3v) is 8.70. The van der Waals surface area contributed by atoms with Crippen LogP contribution >= 0.6 is 0 Å². The van der Waals surface area contributed by atoms with Crippen molar-refractivity contribution in [2.24, 2.45) is 17.8 Å². The third kappa shape index (κ3) is 5.87. The largest absolute Gasteiger partial charge is 0.457 e. The van der Waals surface area contributed by atoms with E-state index in [1.165, 1.54) is 56.2 Å². The van der Waals surface area contributed by atoms with Gasteiger partial charge in [-0.15, -0.1) is 0 Å². The van der Waals surface area contributed by atoms with E-state index >= 15 is 0 Å². The van der Waals surface area contributed by atoms with E-state index in [2.05, 4.69) is 17.4 Å². The van der Waals surface area contributed by atoms with E-state index in [0.717, 1.165) is 17.8 Å². The van der Waals surface area contributed by atoms with E-state index in [9.17, 15) is 31.1 Å². The maximum absolute atomic E-state index is 13.1. The van der Waals surface area contributed by atoms with Gasteiger partial charge in [-0.25, -0.2) is 4.79 Å². The Morgan fingerprint density at radius 2 is 1.10 bits per heavy atom. The average Bonchev–Trinajstić information content (AvgIpc) is 2.88. The van der Waals surface area contributed by atoms with Crippen molar-refractivity contribution in [3.8, 4) is 11.5 Å². The Bertz CT molecular complexity index is 1360. The Kier molecular flexibility index (Phi) is 6.70. The molecule has 0 atom stereocenters. The SMILES string of the molecule is O=C(Nc1ccc(Oc2ccc(C34CC5CC(CC(C5)C3)C4)cc2)cc1)Nc1cc(C(F)(F)F)cc(C(F)(F)F)c1. The van der Waals surface area contributed by atoms with Crippen molar-refractivity contribution in [2.75, 3.05) is 10.6 Å². The van der Waals surface area contributed by atoms with Crippen molar-refractivity contribution in [3.05, 3.63) is 83.4 Å². The topological polar surface area (TPSA) is 50.4 Å². The van der Waals surface area contributed by atoms with E-state index in [4.69, 9.17) is 4.74 Å². The smallest absolute Gasteiger partial charge is 0.416 e. The van der Waals surface area contributed by atoms with Crippen molar-refractivity contribution < 1.29 is 35.9 Å². The highest BCUT2D eigenvalue weighted by Gasteiger charge is 2.51. The van der Waals surface area contributed by atoms with E-state index in [1.807, 2.05) is 17.4 Å². The van der Waals surface area contributed by atoms with E-state index in [0.29, 0.717) is 29.0 Å². The number of carbonyl (C=O) groups excluding carboxylic acids is 1. The summed E-state index contributed by atoms with van der Waals surface area (Å²) < 4.78 is 84.4. The molecule has 0 radical (unpaired) electrons. The second-order valence-corrected chi connectivity index (χ2v) is 11.7. The molecule has 4 nitrogen and oxygen atoms in total. The predicted molar refractivity (Wildman–Crippen MR) is 142 cm³/mol. The zero-order valence-electron chi connectivity index (χ0n) is 21.9. The van der Waals surface area contributed by atoms with E-state index in [1.54, 1.807) is 12.1 Å². The van der Waals surface area contributed by atoms with Gasteiger partial charge in [-0.3, -0.25) is 0 Å². The summed E-state index contributed by atoms with van der Waals surface area (Å²) in [6, 6.07) is 14.4. The van der Waals surface area contributed by atoms with Crippen LogP contribution in [-0.2, 0) is 17.8 Å². The van der Waals surface area contributed by atoms with Gasteiger partial charge in [0.05, 0.1) is 11.1 Å². The summed E-state index contributed by atoms with van der Waals surface area (Å²) in [7, 11) is 0. The van der Waals surface area contributed by atoms with Gasteiger partial charge in [-0.2, -0.15) is 26.3 Å². The van der Waals surface area contributed by atoms with Gasteiger partial charge < -0.3 is 15.4 Å². The van der Waals surface area contributed by atoms with Gasteiger partial charge >= 0.3 is 18.4 Å². The first-order chi connectivity index (χ1) is 19.3. The van der Waals surface area contributed by atoms with Crippen molar-refractivity contribution >= 4 is 17.4 Å². The molecule has 3 aromatic carbocycles. The van der Waals surface area contributed by atoms with Crippen LogP contribution in [0.4, 0.5) is 42.5 Å². The molecule has 2 amide bonds. The number of alkyl halides is 6. The van der Waals surface area contributed by atoms with Gasteiger partial charge in [0.25, 0.3) is 0 Å². The van der Waals surface area contributed by atoms with Crippen LogP contribution in [0.5, 0.6) is 11.5 Å². The van der Waals surface area contributed by atoms with Crippen LogP contribution in [0.2, 0.25) is 0 Å². The Balaban J connectivity index is 1.08. The fraction of sp³-hybridized carbons (Fsp3) is 0.387. The number of halogens is 6. The molecule has 3 aromatic rings. The number of anilines is 2. The van der Waals surface area contributed by atoms with Gasteiger partial charge in [-0.1, -0.05) is 12.1 Å². The molecule has 0 spiro atoms. The number of hydrogen-bond acceptors (Lipinski definition) is 2. The zero-order valence-corrected chi connectivity index (χ0v) is 21.9. The summed E-state index contributed by atoms with van der Waals surface area (Å²) in [5.74, 6) is 3.74. The molecule has 7 rings (SSSR count). The summed E-state index contributed by atoms with van der Waals surface area (Å²) in [5, 5.41) is 4.44. The quantitative estimate of drug-likeness (QED) is 0.298.